The van der Waals surface area contributed by atoms with Gasteiger partial charge in [-0.3, -0.25) is 4.98 Å². The van der Waals surface area contributed by atoms with Gasteiger partial charge in [0.05, 0.1) is 13.2 Å². The normalized spacial score (nSPS) is 10.4. The van der Waals surface area contributed by atoms with Crippen LogP contribution in [0, 0.1) is 6.92 Å². The molecule has 2 rings (SSSR count). The van der Waals surface area contributed by atoms with Crippen LogP contribution in [0.2, 0.25) is 0 Å². The zero-order valence-electron chi connectivity index (χ0n) is 10.9. The molecule has 0 bridgehead atoms. The molecular formula is C15H17NO3. The summed E-state index contributed by atoms with van der Waals surface area (Å²) in [6.45, 7) is 2.35. The SMILES string of the molecule is Cc1ccc(OCOCc2ccccc2)c(CO)n1. The Labute approximate surface area is 112 Å². The van der Waals surface area contributed by atoms with Crippen LogP contribution in [0.4, 0.5) is 0 Å². The number of aliphatic hydroxyl groups excluding tert-OH is 1. The summed E-state index contributed by atoms with van der Waals surface area (Å²) in [4.78, 5) is 4.20. The molecule has 0 saturated carbocycles. The molecular weight excluding hydrogens is 242 g/mol. The summed E-state index contributed by atoms with van der Waals surface area (Å²) >= 11 is 0. The highest BCUT2D eigenvalue weighted by atomic mass is 16.7. The van der Waals surface area contributed by atoms with Gasteiger partial charge in [0.15, 0.2) is 6.79 Å². The maximum absolute atomic E-state index is 9.19. The van der Waals surface area contributed by atoms with Crippen molar-refractivity contribution in [3.63, 3.8) is 0 Å². The maximum atomic E-state index is 9.19. The van der Waals surface area contributed by atoms with Gasteiger partial charge in [0, 0.05) is 5.69 Å². The first-order chi connectivity index (χ1) is 9.29. The van der Waals surface area contributed by atoms with Crippen LogP contribution in [0.25, 0.3) is 0 Å². The molecule has 0 saturated heterocycles. The van der Waals surface area contributed by atoms with Crippen molar-refractivity contribution >= 4 is 0 Å². The van der Waals surface area contributed by atoms with E-state index < -0.39 is 0 Å². The van der Waals surface area contributed by atoms with E-state index in [9.17, 15) is 5.11 Å². The first-order valence-corrected chi connectivity index (χ1v) is 6.11. The zero-order chi connectivity index (χ0) is 13.5. The smallest absolute Gasteiger partial charge is 0.189 e. The number of benzene rings is 1. The number of rotatable bonds is 6. The molecule has 0 atom stereocenters. The molecule has 0 unspecified atom stereocenters. The molecule has 1 N–H and O–H groups in total. The second kappa shape index (κ2) is 6.87. The number of hydrogen-bond donors (Lipinski definition) is 1. The van der Waals surface area contributed by atoms with Crippen LogP contribution in [0.15, 0.2) is 42.5 Å². The third-order valence-corrected chi connectivity index (χ3v) is 2.63. The number of aliphatic hydroxyl groups is 1. The van der Waals surface area contributed by atoms with E-state index in [2.05, 4.69) is 4.98 Å². The highest BCUT2D eigenvalue weighted by Crippen LogP contribution is 2.16. The third-order valence-electron chi connectivity index (χ3n) is 2.63. The number of aryl methyl sites for hydroxylation is 1. The average Bonchev–Trinajstić information content (AvgIpc) is 2.46. The van der Waals surface area contributed by atoms with Gasteiger partial charge in [0.1, 0.15) is 11.4 Å². The van der Waals surface area contributed by atoms with Crippen molar-refractivity contribution in [1.29, 1.82) is 0 Å². The molecule has 100 valence electrons. The Morgan fingerprint density at radius 2 is 1.89 bits per heavy atom. The van der Waals surface area contributed by atoms with Gasteiger partial charge in [-0.2, -0.15) is 0 Å². The fourth-order valence-electron chi connectivity index (χ4n) is 1.68. The number of hydrogen-bond acceptors (Lipinski definition) is 4. The molecule has 0 aliphatic rings. The first-order valence-electron chi connectivity index (χ1n) is 6.11. The van der Waals surface area contributed by atoms with Crippen molar-refractivity contribution in [2.24, 2.45) is 0 Å². The van der Waals surface area contributed by atoms with Crippen molar-refractivity contribution in [1.82, 2.24) is 4.98 Å². The number of nitrogens with zero attached hydrogens (tertiary/aromatic N) is 1. The van der Waals surface area contributed by atoms with Gasteiger partial charge in [0.2, 0.25) is 0 Å². The topological polar surface area (TPSA) is 51.6 Å². The third kappa shape index (κ3) is 4.05. The van der Waals surface area contributed by atoms with E-state index in [0.29, 0.717) is 18.1 Å². The van der Waals surface area contributed by atoms with Gasteiger partial charge >= 0.3 is 0 Å². The molecule has 19 heavy (non-hydrogen) atoms. The van der Waals surface area contributed by atoms with Crippen LogP contribution in [-0.4, -0.2) is 16.9 Å². The minimum atomic E-state index is -0.143. The van der Waals surface area contributed by atoms with Crippen molar-refractivity contribution in [2.45, 2.75) is 20.1 Å². The van der Waals surface area contributed by atoms with Crippen LogP contribution < -0.4 is 4.74 Å². The Morgan fingerprint density at radius 1 is 1.11 bits per heavy atom. The van der Waals surface area contributed by atoms with Crippen molar-refractivity contribution < 1.29 is 14.6 Å². The predicted octanol–water partition coefficient (Wildman–Crippen LogP) is 2.44. The van der Waals surface area contributed by atoms with Crippen LogP contribution in [0.5, 0.6) is 5.75 Å². The molecule has 0 radical (unpaired) electrons. The van der Waals surface area contributed by atoms with Gasteiger partial charge in [-0.15, -0.1) is 0 Å². The Morgan fingerprint density at radius 3 is 2.63 bits per heavy atom. The van der Waals surface area contributed by atoms with Gasteiger partial charge in [0.25, 0.3) is 0 Å². The predicted molar refractivity (Wildman–Crippen MR) is 71.6 cm³/mol. The van der Waals surface area contributed by atoms with Crippen LogP contribution in [-0.2, 0) is 18.0 Å². The van der Waals surface area contributed by atoms with Crippen molar-refractivity contribution in [3.8, 4) is 5.75 Å². The summed E-state index contributed by atoms with van der Waals surface area (Å²) in [5.74, 6) is 0.557. The van der Waals surface area contributed by atoms with E-state index >= 15 is 0 Å². The summed E-state index contributed by atoms with van der Waals surface area (Å²) in [5, 5.41) is 9.19. The summed E-state index contributed by atoms with van der Waals surface area (Å²) in [5.41, 5.74) is 2.47. The van der Waals surface area contributed by atoms with E-state index in [4.69, 9.17) is 9.47 Å². The molecule has 1 aromatic heterocycles. The molecule has 0 aliphatic heterocycles. The van der Waals surface area contributed by atoms with Crippen LogP contribution in [0.3, 0.4) is 0 Å². The average molecular weight is 259 g/mol. The fraction of sp³-hybridized carbons (Fsp3) is 0.267. The minimum Gasteiger partial charge on any atom is -0.466 e. The second-order valence-electron chi connectivity index (χ2n) is 4.15. The molecule has 0 amide bonds. The first kappa shape index (κ1) is 13.5. The molecule has 0 fully saturated rings. The summed E-state index contributed by atoms with van der Waals surface area (Å²) in [6, 6.07) is 13.5. The lowest BCUT2D eigenvalue weighted by Gasteiger charge is -2.10. The lowest BCUT2D eigenvalue weighted by molar-refractivity contribution is 0.00367. The standard InChI is InChI=1S/C15H17NO3/c1-12-7-8-15(14(9-17)16-12)19-11-18-10-13-5-3-2-4-6-13/h2-8,17H,9-11H2,1H3. The van der Waals surface area contributed by atoms with E-state index in [-0.39, 0.29) is 13.4 Å². The molecule has 0 spiro atoms. The molecule has 2 aromatic rings. The van der Waals surface area contributed by atoms with E-state index in [0.717, 1.165) is 11.3 Å². The van der Waals surface area contributed by atoms with Crippen LogP contribution in [0.1, 0.15) is 17.0 Å². The van der Waals surface area contributed by atoms with E-state index in [1.165, 1.54) is 0 Å². The Balaban J connectivity index is 1.83. The largest absolute Gasteiger partial charge is 0.466 e. The number of pyridine rings is 1. The molecule has 1 aromatic carbocycles. The van der Waals surface area contributed by atoms with Crippen molar-refractivity contribution in [2.75, 3.05) is 6.79 Å². The Bertz CT molecular complexity index is 514. The zero-order valence-corrected chi connectivity index (χ0v) is 10.9. The second-order valence-corrected chi connectivity index (χ2v) is 4.15. The van der Waals surface area contributed by atoms with E-state index in [1.807, 2.05) is 43.3 Å². The lowest BCUT2D eigenvalue weighted by Crippen LogP contribution is -2.06. The van der Waals surface area contributed by atoms with Crippen LogP contribution >= 0.6 is 0 Å². The molecule has 4 heteroatoms. The van der Waals surface area contributed by atoms with Gasteiger partial charge in [-0.05, 0) is 24.6 Å². The molecule has 4 nitrogen and oxygen atoms in total. The highest BCUT2D eigenvalue weighted by Gasteiger charge is 2.04. The lowest BCUT2D eigenvalue weighted by atomic mass is 10.2. The monoisotopic (exact) mass is 259 g/mol. The maximum Gasteiger partial charge on any atom is 0.189 e. The van der Waals surface area contributed by atoms with Gasteiger partial charge in [-0.25, -0.2) is 0 Å². The summed E-state index contributed by atoms with van der Waals surface area (Å²) in [6.07, 6.45) is 0. The Kier molecular flexibility index (Phi) is 4.89. The number of aromatic nitrogens is 1. The number of ether oxygens (including phenoxy) is 2. The quantitative estimate of drug-likeness (QED) is 0.639. The molecule has 0 aliphatic carbocycles. The Hall–Kier alpha value is -1.91. The highest BCUT2D eigenvalue weighted by molar-refractivity contribution is 5.28. The fourth-order valence-corrected chi connectivity index (χ4v) is 1.68. The summed E-state index contributed by atoms with van der Waals surface area (Å²) < 4.78 is 10.9. The van der Waals surface area contributed by atoms with Crippen molar-refractivity contribution in [3.05, 3.63) is 59.4 Å². The van der Waals surface area contributed by atoms with E-state index in [1.54, 1.807) is 6.07 Å². The molecule has 1 heterocycles. The van der Waals surface area contributed by atoms with Gasteiger partial charge < -0.3 is 14.6 Å². The summed E-state index contributed by atoms with van der Waals surface area (Å²) in [7, 11) is 0. The minimum absolute atomic E-state index is 0.132. The van der Waals surface area contributed by atoms with Gasteiger partial charge in [-0.1, -0.05) is 30.3 Å².